The average Bonchev–Trinajstić information content (AvgIpc) is 2.80. The number of fused-ring (bicyclic) bond motifs is 1. The van der Waals surface area contributed by atoms with Crippen molar-refractivity contribution in [3.8, 4) is 11.5 Å². The third-order valence-electron chi connectivity index (χ3n) is 5.64. The maximum atomic E-state index is 14.7. The summed E-state index contributed by atoms with van der Waals surface area (Å²) in [6.45, 7) is 1.83. The Hall–Kier alpha value is -2.94. The molecule has 1 N–H and O–H groups in total. The van der Waals surface area contributed by atoms with Crippen LogP contribution in [0.4, 0.5) is 4.39 Å². The Bertz CT molecular complexity index is 1290. The van der Waals surface area contributed by atoms with E-state index in [1.54, 1.807) is 30.3 Å². The van der Waals surface area contributed by atoms with Gasteiger partial charge in [-0.2, -0.15) is 4.31 Å². The molecule has 172 valence electrons. The molecule has 0 spiro atoms. The summed E-state index contributed by atoms with van der Waals surface area (Å²) in [6, 6.07) is 13.5. The van der Waals surface area contributed by atoms with Crippen LogP contribution in [0.3, 0.4) is 0 Å². The van der Waals surface area contributed by atoms with Crippen molar-refractivity contribution >= 4 is 27.6 Å². The molecule has 1 atom stereocenters. The van der Waals surface area contributed by atoms with Crippen molar-refractivity contribution < 1.29 is 27.4 Å². The van der Waals surface area contributed by atoms with Crippen molar-refractivity contribution in [3.05, 3.63) is 88.2 Å². The van der Waals surface area contributed by atoms with Crippen LogP contribution in [0, 0.1) is 5.82 Å². The number of aryl methyl sites for hydroxylation is 1. The normalized spacial score (nSPS) is 16.3. The number of benzene rings is 3. The number of rotatable bonds is 6. The Morgan fingerprint density at radius 1 is 1.09 bits per heavy atom. The minimum Gasteiger partial charge on any atom is -0.480 e. The van der Waals surface area contributed by atoms with Gasteiger partial charge in [0.25, 0.3) is 0 Å². The van der Waals surface area contributed by atoms with Crippen molar-refractivity contribution in [2.45, 2.75) is 30.7 Å². The van der Waals surface area contributed by atoms with Crippen LogP contribution in [0.25, 0.3) is 0 Å². The van der Waals surface area contributed by atoms with Gasteiger partial charge >= 0.3 is 5.97 Å². The largest absolute Gasteiger partial charge is 0.480 e. The maximum absolute atomic E-state index is 14.7. The zero-order chi connectivity index (χ0) is 23.8. The van der Waals surface area contributed by atoms with E-state index < -0.39 is 27.9 Å². The van der Waals surface area contributed by atoms with Crippen molar-refractivity contribution in [3.63, 3.8) is 0 Å². The molecule has 3 aromatic rings. The molecule has 0 radical (unpaired) electrons. The van der Waals surface area contributed by atoms with Crippen LogP contribution in [0.5, 0.6) is 11.5 Å². The van der Waals surface area contributed by atoms with E-state index in [0.717, 1.165) is 9.87 Å². The van der Waals surface area contributed by atoms with E-state index >= 15 is 0 Å². The van der Waals surface area contributed by atoms with Gasteiger partial charge in [-0.25, -0.2) is 12.8 Å². The number of nitrogens with zero attached hydrogens (tertiary/aromatic N) is 1. The van der Waals surface area contributed by atoms with Gasteiger partial charge in [0, 0.05) is 17.1 Å². The Kier molecular flexibility index (Phi) is 6.43. The molecule has 0 aromatic heterocycles. The second kappa shape index (κ2) is 9.13. The summed E-state index contributed by atoms with van der Waals surface area (Å²) in [5.41, 5.74) is 1.31. The third-order valence-corrected chi connectivity index (χ3v) is 7.77. The lowest BCUT2D eigenvalue weighted by molar-refractivity contribution is -0.142. The lowest BCUT2D eigenvalue weighted by Gasteiger charge is -2.35. The number of carbonyl (C=O) groups is 1. The fourth-order valence-electron chi connectivity index (χ4n) is 4.06. The highest BCUT2D eigenvalue weighted by molar-refractivity contribution is 7.89. The number of aliphatic carboxylic acids is 1. The van der Waals surface area contributed by atoms with E-state index in [1.807, 2.05) is 6.92 Å². The first kappa shape index (κ1) is 23.2. The van der Waals surface area contributed by atoms with Crippen molar-refractivity contribution in [2.24, 2.45) is 0 Å². The van der Waals surface area contributed by atoms with Crippen molar-refractivity contribution in [1.29, 1.82) is 0 Å². The Labute approximate surface area is 196 Å². The van der Waals surface area contributed by atoms with Gasteiger partial charge in [-0.05, 0) is 78.6 Å². The number of carboxylic acids is 1. The van der Waals surface area contributed by atoms with Crippen LogP contribution < -0.4 is 4.74 Å². The zero-order valence-electron chi connectivity index (χ0n) is 17.7. The number of hydrogen-bond acceptors (Lipinski definition) is 4. The van der Waals surface area contributed by atoms with Crippen LogP contribution in [-0.4, -0.2) is 30.3 Å². The molecule has 0 amide bonds. The number of halogens is 2. The monoisotopic (exact) mass is 489 g/mol. The number of ether oxygens (including phenoxy) is 1. The second-order valence-corrected chi connectivity index (χ2v) is 9.91. The lowest BCUT2D eigenvalue weighted by atomic mass is 9.89. The standard InChI is InChI=1S/C24H21ClFNO5S/c1-2-15-3-12-21(26)22-20(15)13-14-27(23(22)24(28)29)33(30,31)19-10-8-18(9-11-19)32-17-6-4-16(25)5-7-17/h3-12,23H,2,13-14H2,1H3,(H,28,29). The molecule has 0 fully saturated rings. The average molecular weight is 490 g/mol. The van der Waals surface area contributed by atoms with Gasteiger partial charge in [-0.1, -0.05) is 24.6 Å². The Morgan fingerprint density at radius 2 is 1.70 bits per heavy atom. The van der Waals surface area contributed by atoms with E-state index in [9.17, 15) is 22.7 Å². The van der Waals surface area contributed by atoms with E-state index in [-0.39, 0.29) is 23.4 Å². The highest BCUT2D eigenvalue weighted by atomic mass is 35.5. The van der Waals surface area contributed by atoms with E-state index in [2.05, 4.69) is 0 Å². The molecule has 0 saturated carbocycles. The van der Waals surface area contributed by atoms with Gasteiger partial charge in [-0.15, -0.1) is 0 Å². The molecule has 0 bridgehead atoms. The number of carboxylic acid groups (broad SMARTS) is 1. The summed E-state index contributed by atoms with van der Waals surface area (Å²) in [5, 5.41) is 10.4. The van der Waals surface area contributed by atoms with Gasteiger partial charge in [0.05, 0.1) is 4.90 Å². The Balaban J connectivity index is 1.66. The predicted molar refractivity (Wildman–Crippen MR) is 122 cm³/mol. The van der Waals surface area contributed by atoms with Crippen molar-refractivity contribution in [1.82, 2.24) is 4.31 Å². The van der Waals surface area contributed by atoms with E-state index in [1.165, 1.54) is 30.3 Å². The molecule has 1 aliphatic rings. The van der Waals surface area contributed by atoms with Gasteiger partial charge in [0.2, 0.25) is 10.0 Å². The summed E-state index contributed by atoms with van der Waals surface area (Å²) in [7, 11) is -4.22. The van der Waals surface area contributed by atoms with Crippen LogP contribution >= 0.6 is 11.6 Å². The minimum atomic E-state index is -4.22. The molecule has 4 rings (SSSR count). The van der Waals surface area contributed by atoms with Crippen LogP contribution in [0.1, 0.15) is 29.7 Å². The number of hydrogen-bond donors (Lipinski definition) is 1. The molecule has 0 saturated heterocycles. The fourth-order valence-corrected chi connectivity index (χ4v) is 5.74. The van der Waals surface area contributed by atoms with E-state index in [0.29, 0.717) is 28.5 Å². The quantitative estimate of drug-likeness (QED) is 0.514. The van der Waals surface area contributed by atoms with Crippen LogP contribution in [0.2, 0.25) is 5.02 Å². The molecular formula is C24H21ClFNO5S. The number of sulfonamides is 1. The molecule has 6 nitrogen and oxygen atoms in total. The molecule has 9 heteroatoms. The second-order valence-electron chi connectivity index (χ2n) is 7.59. The summed E-state index contributed by atoms with van der Waals surface area (Å²) in [6.07, 6.45) is 0.827. The van der Waals surface area contributed by atoms with E-state index in [4.69, 9.17) is 16.3 Å². The van der Waals surface area contributed by atoms with Gasteiger partial charge in [-0.3, -0.25) is 4.79 Å². The molecule has 3 aromatic carbocycles. The molecule has 1 heterocycles. The predicted octanol–water partition coefficient (Wildman–Crippen LogP) is 5.21. The fraction of sp³-hybridized carbons (Fsp3) is 0.208. The maximum Gasteiger partial charge on any atom is 0.326 e. The minimum absolute atomic E-state index is 0.0637. The van der Waals surface area contributed by atoms with Gasteiger partial charge in [0.1, 0.15) is 17.3 Å². The van der Waals surface area contributed by atoms with Gasteiger partial charge in [0.15, 0.2) is 6.04 Å². The first-order chi connectivity index (χ1) is 15.7. The molecule has 33 heavy (non-hydrogen) atoms. The molecule has 0 aliphatic carbocycles. The SMILES string of the molecule is CCc1ccc(F)c2c1CCN(S(=O)(=O)c1ccc(Oc3ccc(Cl)cc3)cc1)C2C(=O)O. The topological polar surface area (TPSA) is 83.9 Å². The Morgan fingerprint density at radius 3 is 2.27 bits per heavy atom. The zero-order valence-corrected chi connectivity index (χ0v) is 19.2. The summed E-state index contributed by atoms with van der Waals surface area (Å²) >= 11 is 5.86. The summed E-state index contributed by atoms with van der Waals surface area (Å²) in [4.78, 5) is 12.0. The first-order valence-corrected chi connectivity index (χ1v) is 12.1. The highest BCUT2D eigenvalue weighted by Crippen LogP contribution is 2.38. The van der Waals surface area contributed by atoms with Crippen LogP contribution in [-0.2, 0) is 27.7 Å². The highest BCUT2D eigenvalue weighted by Gasteiger charge is 2.42. The van der Waals surface area contributed by atoms with Crippen molar-refractivity contribution in [2.75, 3.05) is 6.54 Å². The first-order valence-electron chi connectivity index (χ1n) is 10.3. The molecular weight excluding hydrogens is 469 g/mol. The lowest BCUT2D eigenvalue weighted by Crippen LogP contribution is -2.44. The molecule has 1 unspecified atom stereocenters. The van der Waals surface area contributed by atoms with Crippen LogP contribution in [0.15, 0.2) is 65.6 Å². The summed E-state index contributed by atoms with van der Waals surface area (Å²) in [5.74, 6) is -1.22. The summed E-state index contributed by atoms with van der Waals surface area (Å²) < 4.78 is 48.0. The van der Waals surface area contributed by atoms with Gasteiger partial charge < -0.3 is 9.84 Å². The molecule has 1 aliphatic heterocycles. The third kappa shape index (κ3) is 4.46. The smallest absolute Gasteiger partial charge is 0.326 e.